The van der Waals surface area contributed by atoms with Gasteiger partial charge in [0.05, 0.1) is 0 Å². The van der Waals surface area contributed by atoms with Gasteiger partial charge in [-0.1, -0.05) is 6.07 Å². The van der Waals surface area contributed by atoms with Crippen LogP contribution in [0.5, 0.6) is 0 Å². The molecule has 0 bridgehead atoms. The summed E-state index contributed by atoms with van der Waals surface area (Å²) in [4.78, 5) is 14.1. The summed E-state index contributed by atoms with van der Waals surface area (Å²) >= 11 is 0. The van der Waals surface area contributed by atoms with E-state index in [4.69, 9.17) is 0 Å². The topological polar surface area (TPSA) is 52.6 Å². The number of fused-ring (bicyclic) bond motifs is 1. The van der Waals surface area contributed by atoms with Crippen LogP contribution in [0.2, 0.25) is 0 Å². The number of aliphatic carboxylic acids is 1. The number of carboxylic acids is 1. The second-order valence-electron chi connectivity index (χ2n) is 5.56. The maximum absolute atomic E-state index is 13.4. The third-order valence-electron chi connectivity index (χ3n) is 4.50. The molecule has 1 atom stereocenters. The molecule has 1 aromatic rings. The van der Waals surface area contributed by atoms with Gasteiger partial charge in [0.2, 0.25) is 0 Å². The first-order valence-electron chi connectivity index (χ1n) is 7.13. The summed E-state index contributed by atoms with van der Waals surface area (Å²) in [6, 6.07) is 4.51. The number of nitrogens with zero attached hydrogens (tertiary/aromatic N) is 1. The van der Waals surface area contributed by atoms with Gasteiger partial charge < -0.3 is 10.4 Å². The van der Waals surface area contributed by atoms with Crippen molar-refractivity contribution >= 4 is 5.97 Å². The third kappa shape index (κ3) is 2.01. The molecule has 0 radical (unpaired) electrons. The predicted molar refractivity (Wildman–Crippen MR) is 73.1 cm³/mol. The van der Waals surface area contributed by atoms with E-state index in [2.05, 4.69) is 10.2 Å². The molecule has 1 saturated heterocycles. The van der Waals surface area contributed by atoms with E-state index in [0.717, 1.165) is 37.2 Å². The van der Waals surface area contributed by atoms with Crippen molar-refractivity contribution < 1.29 is 14.3 Å². The summed E-state index contributed by atoms with van der Waals surface area (Å²) in [5.41, 5.74) is 0.632. The van der Waals surface area contributed by atoms with Crippen LogP contribution in [-0.2, 0) is 16.8 Å². The molecule has 1 aliphatic heterocycles. The Bertz CT molecular complexity index is 527. The highest BCUT2D eigenvalue weighted by Crippen LogP contribution is 2.42. The molecule has 4 nitrogen and oxygen atoms in total. The van der Waals surface area contributed by atoms with Gasteiger partial charge in [-0.2, -0.15) is 0 Å². The maximum Gasteiger partial charge on any atom is 0.328 e. The summed E-state index contributed by atoms with van der Waals surface area (Å²) in [6.45, 7) is 3.19. The minimum Gasteiger partial charge on any atom is -0.480 e. The molecule has 0 amide bonds. The van der Waals surface area contributed by atoms with E-state index in [-0.39, 0.29) is 5.82 Å². The summed E-state index contributed by atoms with van der Waals surface area (Å²) in [7, 11) is 0. The minimum absolute atomic E-state index is 0.289. The zero-order valence-electron chi connectivity index (χ0n) is 11.4. The number of halogens is 1. The van der Waals surface area contributed by atoms with E-state index in [1.54, 1.807) is 6.07 Å². The van der Waals surface area contributed by atoms with Gasteiger partial charge in [-0.15, -0.1) is 0 Å². The second kappa shape index (κ2) is 5.14. The summed E-state index contributed by atoms with van der Waals surface area (Å²) in [6.07, 6.45) is 2.09. The number of carboxylic acid groups (broad SMARTS) is 1. The number of hydrogen-bond acceptors (Lipinski definition) is 3. The monoisotopic (exact) mass is 278 g/mol. The fraction of sp³-hybridized carbons (Fsp3) is 0.533. The lowest BCUT2D eigenvalue weighted by molar-refractivity contribution is -0.152. The Balaban J connectivity index is 2.04. The lowest BCUT2D eigenvalue weighted by atomic mass is 9.89. The number of hydrogen-bond donors (Lipinski definition) is 2. The van der Waals surface area contributed by atoms with Gasteiger partial charge in [0.15, 0.2) is 0 Å². The molecular formula is C15H19FN2O2. The molecule has 108 valence electrons. The SMILES string of the molecule is O=C(O)C1(N2CCCNCC2)CCc2cc(F)ccc21. The van der Waals surface area contributed by atoms with Crippen molar-refractivity contribution in [2.75, 3.05) is 26.2 Å². The number of aryl methyl sites for hydroxylation is 1. The van der Waals surface area contributed by atoms with Gasteiger partial charge in [0, 0.05) is 19.6 Å². The van der Waals surface area contributed by atoms with Crippen molar-refractivity contribution in [3.05, 3.63) is 35.1 Å². The quantitative estimate of drug-likeness (QED) is 0.857. The lowest BCUT2D eigenvalue weighted by Crippen LogP contribution is -2.51. The Morgan fingerprint density at radius 1 is 1.35 bits per heavy atom. The Morgan fingerprint density at radius 2 is 2.20 bits per heavy atom. The fourth-order valence-corrected chi connectivity index (χ4v) is 3.54. The molecule has 0 saturated carbocycles. The second-order valence-corrected chi connectivity index (χ2v) is 5.56. The fourth-order valence-electron chi connectivity index (χ4n) is 3.54. The largest absolute Gasteiger partial charge is 0.480 e. The number of nitrogens with one attached hydrogen (secondary N) is 1. The standard InChI is InChI=1S/C15H19FN2O2/c16-12-2-3-13-11(10-12)4-5-15(13,14(19)20)18-8-1-6-17-7-9-18/h2-3,10,17H,1,4-9H2,(H,19,20). The highest BCUT2D eigenvalue weighted by molar-refractivity contribution is 5.82. The summed E-state index contributed by atoms with van der Waals surface area (Å²) < 4.78 is 13.4. The summed E-state index contributed by atoms with van der Waals surface area (Å²) in [5.74, 6) is -1.10. The Hall–Kier alpha value is -1.46. The van der Waals surface area contributed by atoms with Crippen LogP contribution in [0, 0.1) is 5.82 Å². The van der Waals surface area contributed by atoms with Crippen LogP contribution in [0.25, 0.3) is 0 Å². The van der Waals surface area contributed by atoms with E-state index in [9.17, 15) is 14.3 Å². The molecule has 3 rings (SSSR count). The molecule has 2 N–H and O–H groups in total. The van der Waals surface area contributed by atoms with Crippen molar-refractivity contribution in [1.29, 1.82) is 0 Å². The van der Waals surface area contributed by atoms with Gasteiger partial charge in [0.25, 0.3) is 0 Å². The Kier molecular flexibility index (Phi) is 3.48. The first-order valence-corrected chi connectivity index (χ1v) is 7.13. The van der Waals surface area contributed by atoms with E-state index < -0.39 is 11.5 Å². The van der Waals surface area contributed by atoms with Crippen LogP contribution >= 0.6 is 0 Å². The van der Waals surface area contributed by atoms with Gasteiger partial charge in [0.1, 0.15) is 11.4 Å². The lowest BCUT2D eigenvalue weighted by Gasteiger charge is -2.37. The van der Waals surface area contributed by atoms with E-state index in [0.29, 0.717) is 19.4 Å². The van der Waals surface area contributed by atoms with Crippen LogP contribution in [-0.4, -0.2) is 42.2 Å². The molecule has 1 fully saturated rings. The van der Waals surface area contributed by atoms with Crippen molar-refractivity contribution in [3.8, 4) is 0 Å². The molecule has 1 heterocycles. The van der Waals surface area contributed by atoms with Gasteiger partial charge in [-0.3, -0.25) is 4.90 Å². The molecular weight excluding hydrogens is 259 g/mol. The molecule has 5 heteroatoms. The number of benzene rings is 1. The van der Waals surface area contributed by atoms with E-state index in [1.807, 2.05) is 0 Å². The van der Waals surface area contributed by atoms with Gasteiger partial charge >= 0.3 is 5.97 Å². The highest BCUT2D eigenvalue weighted by atomic mass is 19.1. The third-order valence-corrected chi connectivity index (χ3v) is 4.50. The highest BCUT2D eigenvalue weighted by Gasteiger charge is 2.50. The van der Waals surface area contributed by atoms with Crippen molar-refractivity contribution in [3.63, 3.8) is 0 Å². The van der Waals surface area contributed by atoms with Crippen LogP contribution in [0.3, 0.4) is 0 Å². The average molecular weight is 278 g/mol. The van der Waals surface area contributed by atoms with Crippen molar-refractivity contribution in [2.24, 2.45) is 0 Å². The molecule has 2 aliphatic rings. The normalized spacial score (nSPS) is 27.1. The number of carbonyl (C=O) groups is 1. The molecule has 20 heavy (non-hydrogen) atoms. The van der Waals surface area contributed by atoms with Gasteiger partial charge in [-0.05, 0) is 49.1 Å². The molecule has 1 aromatic carbocycles. The Morgan fingerprint density at radius 3 is 3.00 bits per heavy atom. The van der Waals surface area contributed by atoms with E-state index >= 15 is 0 Å². The van der Waals surface area contributed by atoms with Crippen molar-refractivity contribution in [2.45, 2.75) is 24.8 Å². The van der Waals surface area contributed by atoms with Crippen LogP contribution < -0.4 is 5.32 Å². The zero-order valence-corrected chi connectivity index (χ0v) is 11.4. The summed E-state index contributed by atoms with van der Waals surface area (Å²) in [5, 5.41) is 13.2. The minimum atomic E-state index is -0.977. The van der Waals surface area contributed by atoms with Crippen LogP contribution in [0.1, 0.15) is 24.0 Å². The first kappa shape index (κ1) is 13.5. The maximum atomic E-state index is 13.4. The first-order chi connectivity index (χ1) is 9.64. The van der Waals surface area contributed by atoms with E-state index in [1.165, 1.54) is 12.1 Å². The number of rotatable bonds is 2. The molecule has 1 unspecified atom stereocenters. The zero-order chi connectivity index (χ0) is 14.2. The predicted octanol–water partition coefficient (Wildman–Crippen LogP) is 1.35. The van der Waals surface area contributed by atoms with Crippen LogP contribution in [0.15, 0.2) is 18.2 Å². The van der Waals surface area contributed by atoms with Crippen molar-refractivity contribution in [1.82, 2.24) is 10.2 Å². The smallest absolute Gasteiger partial charge is 0.328 e. The van der Waals surface area contributed by atoms with Crippen LogP contribution in [0.4, 0.5) is 4.39 Å². The molecule has 1 aliphatic carbocycles. The Labute approximate surface area is 117 Å². The molecule has 0 aromatic heterocycles. The molecule has 0 spiro atoms. The average Bonchev–Trinajstić information content (AvgIpc) is 2.61. The van der Waals surface area contributed by atoms with Gasteiger partial charge in [-0.25, -0.2) is 9.18 Å².